The van der Waals surface area contributed by atoms with E-state index in [1.807, 2.05) is 0 Å². The van der Waals surface area contributed by atoms with Gasteiger partial charge in [0.2, 0.25) is 0 Å². The van der Waals surface area contributed by atoms with Gasteiger partial charge < -0.3 is 10.4 Å². The van der Waals surface area contributed by atoms with Gasteiger partial charge in [-0.25, -0.2) is 0 Å². The van der Waals surface area contributed by atoms with Gasteiger partial charge in [0.15, 0.2) is 0 Å². The highest BCUT2D eigenvalue weighted by atomic mass is 32.1. The summed E-state index contributed by atoms with van der Waals surface area (Å²) in [7, 11) is 0. The maximum atomic E-state index is 10.8. The van der Waals surface area contributed by atoms with Crippen molar-refractivity contribution in [3.05, 3.63) is 6.20 Å². The fourth-order valence-corrected chi connectivity index (χ4v) is 0.871. The predicted octanol–water partition coefficient (Wildman–Crippen LogP) is -0.143. The van der Waals surface area contributed by atoms with E-state index in [1.165, 1.54) is 13.1 Å². The van der Waals surface area contributed by atoms with Crippen molar-refractivity contribution in [3.63, 3.8) is 0 Å². The van der Waals surface area contributed by atoms with Crippen LogP contribution in [0.4, 0.5) is 5.00 Å². The molecule has 5 nitrogen and oxygen atoms in total. The molecular weight excluding hydrogens is 166 g/mol. The van der Waals surface area contributed by atoms with E-state index in [2.05, 4.69) is 14.9 Å². The van der Waals surface area contributed by atoms with E-state index >= 15 is 0 Å². The van der Waals surface area contributed by atoms with Crippen LogP contribution in [-0.2, 0) is 4.79 Å². The molecule has 0 aliphatic rings. The third-order valence-electron chi connectivity index (χ3n) is 0.987. The lowest BCUT2D eigenvalue weighted by molar-refractivity contribution is -0.123. The number of aliphatic hydroxyl groups is 1. The Morgan fingerprint density at radius 1 is 1.91 bits per heavy atom. The fraction of sp³-hybridized carbons (Fsp3) is 0.400. The molecule has 1 amide bonds. The van der Waals surface area contributed by atoms with Gasteiger partial charge in [-0.1, -0.05) is 4.49 Å². The third-order valence-corrected chi connectivity index (χ3v) is 1.57. The van der Waals surface area contributed by atoms with Gasteiger partial charge in [-0.15, -0.1) is 5.10 Å². The standard InChI is InChI=1S/C5H7N3O2S/c1-3(9)5(10)7-4-2-6-8-11-4/h2-3,9H,1H3,(H,7,10)/t3-/m0/s1. The highest BCUT2D eigenvalue weighted by Crippen LogP contribution is 2.08. The molecule has 0 bridgehead atoms. The number of aromatic nitrogens is 2. The molecule has 0 aliphatic carbocycles. The van der Waals surface area contributed by atoms with Crippen LogP contribution in [0.5, 0.6) is 0 Å². The van der Waals surface area contributed by atoms with Gasteiger partial charge in [0.25, 0.3) is 5.91 Å². The van der Waals surface area contributed by atoms with Crippen LogP contribution in [0.15, 0.2) is 6.20 Å². The molecule has 60 valence electrons. The van der Waals surface area contributed by atoms with Crippen molar-refractivity contribution in [2.24, 2.45) is 0 Å². The highest BCUT2D eigenvalue weighted by Gasteiger charge is 2.09. The maximum Gasteiger partial charge on any atom is 0.253 e. The zero-order chi connectivity index (χ0) is 8.27. The first-order valence-electron chi connectivity index (χ1n) is 2.96. The Morgan fingerprint density at radius 3 is 3.09 bits per heavy atom. The molecule has 0 saturated carbocycles. The van der Waals surface area contributed by atoms with Gasteiger partial charge in [0.05, 0.1) is 6.20 Å². The van der Waals surface area contributed by atoms with Gasteiger partial charge in [-0.2, -0.15) is 0 Å². The molecule has 1 rings (SSSR count). The lowest BCUT2D eigenvalue weighted by Gasteiger charge is -2.01. The summed E-state index contributed by atoms with van der Waals surface area (Å²) in [5, 5.41) is 15.2. The first-order valence-corrected chi connectivity index (χ1v) is 3.74. The number of carbonyl (C=O) groups is 1. The van der Waals surface area contributed by atoms with Gasteiger partial charge in [0.1, 0.15) is 11.1 Å². The van der Waals surface area contributed by atoms with Crippen LogP contribution < -0.4 is 5.32 Å². The van der Waals surface area contributed by atoms with Crippen molar-refractivity contribution in [1.82, 2.24) is 9.59 Å². The summed E-state index contributed by atoms with van der Waals surface area (Å²) in [6.45, 7) is 1.39. The van der Waals surface area contributed by atoms with Crippen LogP contribution in [0.2, 0.25) is 0 Å². The number of anilines is 1. The van der Waals surface area contributed by atoms with Gasteiger partial charge >= 0.3 is 0 Å². The molecule has 6 heteroatoms. The van der Waals surface area contributed by atoms with Crippen LogP contribution >= 0.6 is 11.5 Å². The quantitative estimate of drug-likeness (QED) is 0.652. The molecule has 0 fully saturated rings. The van der Waals surface area contributed by atoms with E-state index in [-0.39, 0.29) is 0 Å². The molecule has 1 aromatic rings. The molecule has 0 saturated heterocycles. The molecule has 11 heavy (non-hydrogen) atoms. The fourth-order valence-electron chi connectivity index (χ4n) is 0.448. The van der Waals surface area contributed by atoms with Crippen molar-refractivity contribution in [2.45, 2.75) is 13.0 Å². The maximum absolute atomic E-state index is 10.8. The summed E-state index contributed by atoms with van der Waals surface area (Å²) in [5.41, 5.74) is 0. The first kappa shape index (κ1) is 8.09. The van der Waals surface area contributed by atoms with Crippen molar-refractivity contribution in [1.29, 1.82) is 0 Å². The molecule has 0 aromatic carbocycles. The number of hydrogen-bond donors (Lipinski definition) is 2. The first-order chi connectivity index (χ1) is 5.20. The zero-order valence-electron chi connectivity index (χ0n) is 5.81. The number of aliphatic hydroxyl groups excluding tert-OH is 1. The molecule has 1 aromatic heterocycles. The lowest BCUT2D eigenvalue weighted by atomic mass is 10.4. The van der Waals surface area contributed by atoms with E-state index in [1.54, 1.807) is 0 Å². The summed E-state index contributed by atoms with van der Waals surface area (Å²) >= 11 is 1.06. The second kappa shape index (κ2) is 3.40. The summed E-state index contributed by atoms with van der Waals surface area (Å²) in [4.78, 5) is 10.8. The van der Waals surface area contributed by atoms with Crippen LogP contribution in [0.3, 0.4) is 0 Å². The number of rotatable bonds is 2. The van der Waals surface area contributed by atoms with Gasteiger partial charge in [-0.3, -0.25) is 4.79 Å². The molecule has 0 aliphatic heterocycles. The molecule has 0 unspecified atom stereocenters. The predicted molar refractivity (Wildman–Crippen MR) is 40.2 cm³/mol. The Hall–Kier alpha value is -1.01. The number of hydrogen-bond acceptors (Lipinski definition) is 5. The van der Waals surface area contributed by atoms with E-state index in [4.69, 9.17) is 5.11 Å². The van der Waals surface area contributed by atoms with Crippen LogP contribution in [0.25, 0.3) is 0 Å². The Labute approximate surface area is 67.2 Å². The summed E-state index contributed by atoms with van der Waals surface area (Å²) in [6, 6.07) is 0. The summed E-state index contributed by atoms with van der Waals surface area (Å²) in [6.07, 6.45) is 0.419. The molecular formula is C5H7N3O2S. The van der Waals surface area contributed by atoms with E-state index in [0.29, 0.717) is 5.00 Å². The van der Waals surface area contributed by atoms with Crippen molar-refractivity contribution >= 4 is 22.4 Å². The van der Waals surface area contributed by atoms with Crippen molar-refractivity contribution in [2.75, 3.05) is 5.32 Å². The van der Waals surface area contributed by atoms with E-state index in [9.17, 15) is 4.79 Å². The Morgan fingerprint density at radius 2 is 2.64 bits per heavy atom. The zero-order valence-corrected chi connectivity index (χ0v) is 6.63. The number of carbonyl (C=O) groups excluding carboxylic acids is 1. The van der Waals surface area contributed by atoms with Gasteiger partial charge in [-0.05, 0) is 6.92 Å². The van der Waals surface area contributed by atoms with Gasteiger partial charge in [0, 0.05) is 11.5 Å². The Balaban J connectivity index is 2.50. The van der Waals surface area contributed by atoms with Crippen molar-refractivity contribution < 1.29 is 9.90 Å². The van der Waals surface area contributed by atoms with Crippen LogP contribution in [0, 0.1) is 0 Å². The third kappa shape index (κ3) is 2.24. The molecule has 0 radical (unpaired) electrons. The Kier molecular flexibility index (Phi) is 2.50. The smallest absolute Gasteiger partial charge is 0.253 e. The Bertz CT molecular complexity index is 234. The topological polar surface area (TPSA) is 75.1 Å². The normalized spacial score (nSPS) is 12.5. The summed E-state index contributed by atoms with van der Waals surface area (Å²) < 4.78 is 3.53. The van der Waals surface area contributed by atoms with Crippen LogP contribution in [-0.4, -0.2) is 26.7 Å². The number of amides is 1. The lowest BCUT2D eigenvalue weighted by Crippen LogP contribution is -2.23. The summed E-state index contributed by atoms with van der Waals surface area (Å²) in [5.74, 6) is -0.448. The molecule has 0 spiro atoms. The number of nitrogens with zero attached hydrogens (tertiary/aromatic N) is 2. The van der Waals surface area contributed by atoms with E-state index in [0.717, 1.165) is 11.5 Å². The molecule has 2 N–H and O–H groups in total. The minimum atomic E-state index is -1.00. The monoisotopic (exact) mass is 173 g/mol. The average molecular weight is 173 g/mol. The molecule has 1 atom stereocenters. The van der Waals surface area contributed by atoms with Crippen molar-refractivity contribution in [3.8, 4) is 0 Å². The molecule has 1 heterocycles. The average Bonchev–Trinajstić information content (AvgIpc) is 2.39. The SMILES string of the molecule is C[C@H](O)C(=O)Nc1cnns1. The van der Waals surface area contributed by atoms with E-state index < -0.39 is 12.0 Å². The second-order valence-corrected chi connectivity index (χ2v) is 2.73. The van der Waals surface area contributed by atoms with Crippen LogP contribution in [0.1, 0.15) is 6.92 Å². The minimum Gasteiger partial charge on any atom is -0.384 e. The number of nitrogens with one attached hydrogen (secondary N) is 1. The largest absolute Gasteiger partial charge is 0.384 e. The second-order valence-electron chi connectivity index (χ2n) is 1.95. The highest BCUT2D eigenvalue weighted by molar-refractivity contribution is 7.10. The minimum absolute atomic E-state index is 0.448.